The highest BCUT2D eigenvalue weighted by molar-refractivity contribution is 7.17. The molecule has 0 radical (unpaired) electrons. The van der Waals surface area contributed by atoms with Crippen LogP contribution >= 0.6 is 11.3 Å². The van der Waals surface area contributed by atoms with Gasteiger partial charge in [-0.25, -0.2) is 4.79 Å². The number of nitrogens with one attached hydrogen (secondary N) is 1. The van der Waals surface area contributed by atoms with Crippen molar-refractivity contribution in [1.29, 1.82) is 0 Å². The first-order valence-corrected chi connectivity index (χ1v) is 10.0. The molecular weight excluding hydrogens is 378 g/mol. The summed E-state index contributed by atoms with van der Waals surface area (Å²) >= 11 is 1.55. The third-order valence-electron chi connectivity index (χ3n) is 4.87. The van der Waals surface area contributed by atoms with Crippen LogP contribution in [-0.2, 0) is 21.3 Å². The van der Waals surface area contributed by atoms with E-state index >= 15 is 0 Å². The van der Waals surface area contributed by atoms with Gasteiger partial charge in [-0.15, -0.1) is 11.3 Å². The fraction of sp³-hybridized carbons (Fsp3) is 0.350. The smallest absolute Gasteiger partial charge is 0.356 e. The maximum atomic E-state index is 12.8. The van der Waals surface area contributed by atoms with E-state index in [1.165, 1.54) is 0 Å². The van der Waals surface area contributed by atoms with Crippen molar-refractivity contribution in [1.82, 2.24) is 14.9 Å². The van der Waals surface area contributed by atoms with Crippen molar-refractivity contribution in [3.63, 3.8) is 0 Å². The Labute approximate surface area is 166 Å². The van der Waals surface area contributed by atoms with Crippen LogP contribution in [0.5, 0.6) is 0 Å². The van der Waals surface area contributed by atoms with Crippen LogP contribution in [0.2, 0.25) is 0 Å². The highest BCUT2D eigenvalue weighted by Crippen LogP contribution is 2.26. The fourth-order valence-electron chi connectivity index (χ4n) is 3.34. The van der Waals surface area contributed by atoms with Crippen LogP contribution in [-0.4, -0.2) is 40.7 Å². The largest absolute Gasteiger partial charge is 0.443 e. The third-order valence-corrected chi connectivity index (χ3v) is 5.73. The molecule has 28 heavy (non-hydrogen) atoms. The summed E-state index contributed by atoms with van der Waals surface area (Å²) in [5, 5.41) is 4.82. The highest BCUT2D eigenvalue weighted by Gasteiger charge is 2.28. The molecule has 3 aromatic heterocycles. The van der Waals surface area contributed by atoms with Crippen molar-refractivity contribution in [2.45, 2.75) is 25.0 Å². The van der Waals surface area contributed by atoms with E-state index in [0.717, 1.165) is 23.1 Å². The minimum atomic E-state index is -1.05. The lowest BCUT2D eigenvalue weighted by molar-refractivity contribution is -0.130. The SMILES string of the molecule is Cn1c(C(=O)O[C@H](C(=O)NC[C@H]2CCCO2)c2ccncc2)cc2sccc21. The summed E-state index contributed by atoms with van der Waals surface area (Å²) < 4.78 is 14.0. The second-order valence-electron chi connectivity index (χ2n) is 6.70. The molecule has 1 N–H and O–H groups in total. The molecule has 1 saturated heterocycles. The van der Waals surface area contributed by atoms with E-state index in [-0.39, 0.29) is 12.0 Å². The molecule has 0 saturated carbocycles. The molecule has 0 aromatic carbocycles. The summed E-state index contributed by atoms with van der Waals surface area (Å²) in [5.41, 5.74) is 1.94. The maximum Gasteiger partial charge on any atom is 0.356 e. The Morgan fingerprint density at radius 1 is 1.39 bits per heavy atom. The normalized spacial score (nSPS) is 17.5. The topological polar surface area (TPSA) is 82.5 Å². The van der Waals surface area contributed by atoms with Gasteiger partial charge >= 0.3 is 5.97 Å². The van der Waals surface area contributed by atoms with Gasteiger partial charge in [-0.1, -0.05) is 0 Å². The molecule has 4 heterocycles. The van der Waals surface area contributed by atoms with E-state index in [1.807, 2.05) is 18.5 Å². The number of esters is 1. The molecule has 1 aliphatic rings. The Morgan fingerprint density at radius 3 is 2.93 bits per heavy atom. The van der Waals surface area contributed by atoms with Crippen molar-refractivity contribution >= 4 is 33.4 Å². The average molecular weight is 399 g/mol. The van der Waals surface area contributed by atoms with E-state index in [0.29, 0.717) is 24.4 Å². The number of pyridine rings is 1. The summed E-state index contributed by atoms with van der Waals surface area (Å²) in [6.45, 7) is 1.12. The lowest BCUT2D eigenvalue weighted by Gasteiger charge is -2.19. The number of hydrogen-bond acceptors (Lipinski definition) is 6. The van der Waals surface area contributed by atoms with Crippen molar-refractivity contribution in [3.05, 3.63) is 53.3 Å². The highest BCUT2D eigenvalue weighted by atomic mass is 32.1. The standard InChI is InChI=1S/C20H21N3O4S/c1-23-15-6-10-28-17(15)11-16(23)20(25)27-18(13-4-7-21-8-5-13)19(24)22-12-14-3-2-9-26-14/h4-8,10-11,14,18H,2-3,9,12H2,1H3,(H,22,24)/t14-,18+/m1/s1. The fourth-order valence-corrected chi connectivity index (χ4v) is 4.19. The predicted molar refractivity (Wildman–Crippen MR) is 105 cm³/mol. The second-order valence-corrected chi connectivity index (χ2v) is 7.65. The Bertz CT molecular complexity index is 976. The van der Waals surface area contributed by atoms with Gasteiger partial charge in [0.15, 0.2) is 0 Å². The molecule has 8 heteroatoms. The summed E-state index contributed by atoms with van der Waals surface area (Å²) in [7, 11) is 1.81. The van der Waals surface area contributed by atoms with Crippen molar-refractivity contribution < 1.29 is 19.1 Å². The molecule has 4 rings (SSSR count). The Morgan fingerprint density at radius 2 is 2.21 bits per heavy atom. The molecular formula is C20H21N3O4S. The first-order chi connectivity index (χ1) is 13.6. The Kier molecular flexibility index (Phi) is 5.40. The van der Waals surface area contributed by atoms with E-state index in [2.05, 4.69) is 10.3 Å². The van der Waals surface area contributed by atoms with Gasteiger partial charge in [-0.3, -0.25) is 9.78 Å². The van der Waals surface area contributed by atoms with E-state index in [9.17, 15) is 9.59 Å². The first-order valence-electron chi connectivity index (χ1n) is 9.16. The number of carbonyl (C=O) groups is 2. The number of thiophene rings is 1. The van der Waals surface area contributed by atoms with Gasteiger partial charge in [0.05, 0.1) is 16.3 Å². The van der Waals surface area contributed by atoms with Gasteiger partial charge in [0.25, 0.3) is 5.91 Å². The number of aryl methyl sites for hydroxylation is 1. The van der Waals surface area contributed by atoms with Gasteiger partial charge < -0.3 is 19.4 Å². The molecule has 3 aromatic rings. The summed E-state index contributed by atoms with van der Waals surface area (Å²) in [6, 6.07) is 7.09. The van der Waals surface area contributed by atoms with Crippen LogP contribution < -0.4 is 5.32 Å². The number of carbonyl (C=O) groups excluding carboxylic acids is 2. The molecule has 0 unspecified atom stereocenters. The zero-order chi connectivity index (χ0) is 19.5. The number of nitrogens with zero attached hydrogens (tertiary/aromatic N) is 2. The van der Waals surface area contributed by atoms with Gasteiger partial charge in [0.1, 0.15) is 5.69 Å². The van der Waals surface area contributed by atoms with Crippen LogP contribution in [0.15, 0.2) is 42.0 Å². The number of rotatable bonds is 6. The molecule has 1 amide bonds. The molecule has 1 fully saturated rings. The molecule has 146 valence electrons. The number of ether oxygens (including phenoxy) is 2. The van der Waals surface area contributed by atoms with E-state index in [4.69, 9.17) is 9.47 Å². The van der Waals surface area contributed by atoms with Crippen molar-refractivity contribution in [3.8, 4) is 0 Å². The van der Waals surface area contributed by atoms with Gasteiger partial charge in [0.2, 0.25) is 6.10 Å². The zero-order valence-corrected chi connectivity index (χ0v) is 16.3. The van der Waals surface area contributed by atoms with Crippen LogP contribution in [0.1, 0.15) is 35.0 Å². The number of fused-ring (bicyclic) bond motifs is 1. The van der Waals surface area contributed by atoms with E-state index in [1.54, 1.807) is 46.5 Å². The molecule has 7 nitrogen and oxygen atoms in total. The molecule has 2 atom stereocenters. The monoisotopic (exact) mass is 399 g/mol. The number of amides is 1. The number of aromatic nitrogens is 2. The quantitative estimate of drug-likeness (QED) is 0.645. The Hall–Kier alpha value is -2.71. The van der Waals surface area contributed by atoms with Crippen LogP contribution in [0.3, 0.4) is 0 Å². The molecule has 0 bridgehead atoms. The molecule has 0 spiro atoms. The van der Waals surface area contributed by atoms with Crippen LogP contribution in [0.4, 0.5) is 0 Å². The van der Waals surface area contributed by atoms with E-state index < -0.39 is 12.1 Å². The average Bonchev–Trinajstić information content (AvgIpc) is 3.44. The summed E-state index contributed by atoms with van der Waals surface area (Å²) in [5.74, 6) is -0.911. The lowest BCUT2D eigenvalue weighted by Crippen LogP contribution is -2.37. The van der Waals surface area contributed by atoms with Gasteiger partial charge in [-0.2, -0.15) is 0 Å². The lowest BCUT2D eigenvalue weighted by atomic mass is 10.1. The second kappa shape index (κ2) is 8.12. The summed E-state index contributed by atoms with van der Waals surface area (Å²) in [6.07, 6.45) is 4.01. The van der Waals surface area contributed by atoms with Gasteiger partial charge in [-0.05, 0) is 42.5 Å². The minimum Gasteiger partial charge on any atom is -0.443 e. The third kappa shape index (κ3) is 3.79. The summed E-state index contributed by atoms with van der Waals surface area (Å²) in [4.78, 5) is 29.6. The molecule has 1 aliphatic heterocycles. The maximum absolute atomic E-state index is 12.8. The van der Waals surface area contributed by atoms with Crippen LogP contribution in [0, 0.1) is 0 Å². The van der Waals surface area contributed by atoms with Crippen molar-refractivity contribution in [2.24, 2.45) is 7.05 Å². The van der Waals surface area contributed by atoms with Crippen molar-refractivity contribution in [2.75, 3.05) is 13.2 Å². The Balaban J connectivity index is 1.52. The first kappa shape index (κ1) is 18.6. The minimum absolute atomic E-state index is 0.0115. The van der Waals surface area contributed by atoms with Crippen LogP contribution in [0.25, 0.3) is 10.2 Å². The predicted octanol–water partition coefficient (Wildman–Crippen LogP) is 2.83. The number of hydrogen-bond donors (Lipinski definition) is 1. The molecule has 0 aliphatic carbocycles. The zero-order valence-electron chi connectivity index (χ0n) is 15.5. The van der Waals surface area contributed by atoms with Gasteiger partial charge in [0, 0.05) is 38.2 Å².